The van der Waals surface area contributed by atoms with Gasteiger partial charge < -0.3 is 5.32 Å². The molecular formula is C16H22N4. The summed E-state index contributed by atoms with van der Waals surface area (Å²) in [6.07, 6.45) is 8.25. The van der Waals surface area contributed by atoms with Gasteiger partial charge in [0.1, 0.15) is 0 Å². The van der Waals surface area contributed by atoms with Crippen LogP contribution in [0.5, 0.6) is 0 Å². The Kier molecular flexibility index (Phi) is 4.11. The monoisotopic (exact) mass is 270 g/mol. The minimum absolute atomic E-state index is 0.706. The van der Waals surface area contributed by atoms with Crippen molar-refractivity contribution in [3.8, 4) is 5.69 Å². The zero-order chi connectivity index (χ0) is 13.8. The van der Waals surface area contributed by atoms with E-state index in [4.69, 9.17) is 0 Å². The van der Waals surface area contributed by atoms with Gasteiger partial charge in [-0.3, -0.25) is 0 Å². The number of nitrogens with one attached hydrogen (secondary N) is 1. The van der Waals surface area contributed by atoms with Crippen molar-refractivity contribution in [1.29, 1.82) is 0 Å². The van der Waals surface area contributed by atoms with Crippen LogP contribution in [-0.2, 0) is 13.0 Å². The van der Waals surface area contributed by atoms with Crippen molar-refractivity contribution < 1.29 is 0 Å². The maximum Gasteiger partial charge on any atom is 0.0969 e. The van der Waals surface area contributed by atoms with E-state index in [0.717, 1.165) is 24.3 Å². The van der Waals surface area contributed by atoms with E-state index in [1.807, 2.05) is 10.9 Å². The van der Waals surface area contributed by atoms with Gasteiger partial charge in [-0.05, 0) is 43.4 Å². The molecule has 1 saturated carbocycles. The molecule has 0 saturated heterocycles. The standard InChI is InChI=1S/C16H22N4/c1-2-3-4-13-5-9-16(10-6-13)20-12-15(18-19-20)11-17-14-7-8-14/h5-6,9-10,12,14,17H,2-4,7-8,11H2,1H3. The van der Waals surface area contributed by atoms with E-state index in [9.17, 15) is 0 Å². The van der Waals surface area contributed by atoms with Gasteiger partial charge in [0.2, 0.25) is 0 Å². The summed E-state index contributed by atoms with van der Waals surface area (Å²) in [6.45, 7) is 3.04. The Bertz CT molecular complexity index is 540. The first-order chi connectivity index (χ1) is 9.85. The second-order valence-corrected chi connectivity index (χ2v) is 5.58. The SMILES string of the molecule is CCCCc1ccc(-n2cc(CNC3CC3)nn2)cc1. The van der Waals surface area contributed by atoms with Crippen molar-refractivity contribution in [3.05, 3.63) is 41.7 Å². The summed E-state index contributed by atoms with van der Waals surface area (Å²) in [4.78, 5) is 0. The van der Waals surface area contributed by atoms with Crippen LogP contribution in [0.4, 0.5) is 0 Å². The van der Waals surface area contributed by atoms with Crippen molar-refractivity contribution >= 4 is 0 Å². The second kappa shape index (κ2) is 6.18. The highest BCUT2D eigenvalue weighted by atomic mass is 15.4. The number of benzene rings is 1. The van der Waals surface area contributed by atoms with Crippen LogP contribution in [0.2, 0.25) is 0 Å². The molecule has 0 atom stereocenters. The Balaban J connectivity index is 1.62. The molecule has 0 amide bonds. The summed E-state index contributed by atoms with van der Waals surface area (Å²) in [6, 6.07) is 9.33. The molecule has 106 valence electrons. The first-order valence-corrected chi connectivity index (χ1v) is 7.59. The highest BCUT2D eigenvalue weighted by molar-refractivity contribution is 5.33. The first-order valence-electron chi connectivity index (χ1n) is 7.59. The van der Waals surface area contributed by atoms with Gasteiger partial charge >= 0.3 is 0 Å². The minimum Gasteiger partial charge on any atom is -0.308 e. The summed E-state index contributed by atoms with van der Waals surface area (Å²) in [5, 5.41) is 11.9. The summed E-state index contributed by atoms with van der Waals surface area (Å²) in [5.41, 5.74) is 3.48. The number of nitrogens with zero attached hydrogens (tertiary/aromatic N) is 3. The van der Waals surface area contributed by atoms with E-state index in [1.165, 1.54) is 31.2 Å². The molecule has 1 aliphatic carbocycles. The Morgan fingerprint density at radius 2 is 2.05 bits per heavy atom. The highest BCUT2D eigenvalue weighted by Gasteiger charge is 2.20. The van der Waals surface area contributed by atoms with Crippen LogP contribution in [0.25, 0.3) is 5.69 Å². The normalized spacial score (nSPS) is 14.7. The fraction of sp³-hybridized carbons (Fsp3) is 0.500. The van der Waals surface area contributed by atoms with E-state index >= 15 is 0 Å². The third-order valence-electron chi connectivity index (χ3n) is 3.71. The molecule has 1 heterocycles. The van der Waals surface area contributed by atoms with Crippen LogP contribution in [0.15, 0.2) is 30.5 Å². The van der Waals surface area contributed by atoms with Gasteiger partial charge in [-0.2, -0.15) is 0 Å². The van der Waals surface area contributed by atoms with Crippen LogP contribution in [0, 0.1) is 0 Å². The Morgan fingerprint density at radius 1 is 1.25 bits per heavy atom. The van der Waals surface area contributed by atoms with E-state index < -0.39 is 0 Å². The molecule has 0 unspecified atom stereocenters. The van der Waals surface area contributed by atoms with Crippen LogP contribution in [-0.4, -0.2) is 21.0 Å². The number of aromatic nitrogens is 3. The lowest BCUT2D eigenvalue weighted by atomic mass is 10.1. The van der Waals surface area contributed by atoms with Gasteiger partial charge in [0.05, 0.1) is 17.6 Å². The molecule has 0 bridgehead atoms. The van der Waals surface area contributed by atoms with Crippen molar-refractivity contribution in [3.63, 3.8) is 0 Å². The van der Waals surface area contributed by atoms with Crippen LogP contribution in [0.3, 0.4) is 0 Å². The molecular weight excluding hydrogens is 248 g/mol. The average molecular weight is 270 g/mol. The molecule has 3 rings (SSSR count). The summed E-state index contributed by atoms with van der Waals surface area (Å²) in [7, 11) is 0. The fourth-order valence-electron chi connectivity index (χ4n) is 2.24. The molecule has 0 aliphatic heterocycles. The number of unbranched alkanes of at least 4 members (excludes halogenated alkanes) is 1. The lowest BCUT2D eigenvalue weighted by Crippen LogP contribution is -2.15. The maximum atomic E-state index is 4.21. The quantitative estimate of drug-likeness (QED) is 0.841. The van der Waals surface area contributed by atoms with Crippen LogP contribution in [0.1, 0.15) is 43.9 Å². The number of hydrogen-bond donors (Lipinski definition) is 1. The largest absolute Gasteiger partial charge is 0.308 e. The molecule has 2 aromatic rings. The van der Waals surface area contributed by atoms with E-state index in [-0.39, 0.29) is 0 Å². The molecule has 20 heavy (non-hydrogen) atoms. The predicted molar refractivity (Wildman–Crippen MR) is 79.8 cm³/mol. The Labute approximate surface area is 120 Å². The van der Waals surface area contributed by atoms with Gasteiger partial charge in [0.25, 0.3) is 0 Å². The molecule has 0 spiro atoms. The van der Waals surface area contributed by atoms with Crippen molar-refractivity contribution in [2.45, 2.75) is 51.6 Å². The number of hydrogen-bond acceptors (Lipinski definition) is 3. The Morgan fingerprint density at radius 3 is 2.75 bits per heavy atom. The number of aryl methyl sites for hydroxylation is 1. The lowest BCUT2D eigenvalue weighted by Gasteiger charge is -2.03. The molecule has 1 aliphatic rings. The third-order valence-corrected chi connectivity index (χ3v) is 3.71. The molecule has 4 heteroatoms. The molecule has 1 aromatic heterocycles. The topological polar surface area (TPSA) is 42.7 Å². The first kappa shape index (κ1) is 13.3. The maximum absolute atomic E-state index is 4.21. The molecule has 4 nitrogen and oxygen atoms in total. The summed E-state index contributed by atoms with van der Waals surface area (Å²) in [5.74, 6) is 0. The molecule has 1 N–H and O–H groups in total. The Hall–Kier alpha value is -1.68. The number of rotatable bonds is 7. The third kappa shape index (κ3) is 3.45. The van der Waals surface area contributed by atoms with Gasteiger partial charge in [-0.1, -0.05) is 30.7 Å². The fourth-order valence-corrected chi connectivity index (χ4v) is 2.24. The van der Waals surface area contributed by atoms with Crippen LogP contribution < -0.4 is 5.32 Å². The smallest absolute Gasteiger partial charge is 0.0969 e. The zero-order valence-electron chi connectivity index (χ0n) is 12.0. The van der Waals surface area contributed by atoms with Gasteiger partial charge in [-0.15, -0.1) is 5.10 Å². The zero-order valence-corrected chi connectivity index (χ0v) is 12.0. The van der Waals surface area contributed by atoms with E-state index in [1.54, 1.807) is 0 Å². The van der Waals surface area contributed by atoms with Gasteiger partial charge in [0.15, 0.2) is 0 Å². The van der Waals surface area contributed by atoms with Crippen LogP contribution >= 0.6 is 0 Å². The second-order valence-electron chi connectivity index (χ2n) is 5.58. The van der Waals surface area contributed by atoms with Crippen molar-refractivity contribution in [1.82, 2.24) is 20.3 Å². The van der Waals surface area contributed by atoms with E-state index in [0.29, 0.717) is 6.04 Å². The molecule has 1 aromatic carbocycles. The predicted octanol–water partition coefficient (Wildman–Crippen LogP) is 2.86. The van der Waals surface area contributed by atoms with E-state index in [2.05, 4.69) is 46.8 Å². The minimum atomic E-state index is 0.706. The summed E-state index contributed by atoms with van der Waals surface area (Å²) < 4.78 is 1.85. The highest BCUT2D eigenvalue weighted by Crippen LogP contribution is 2.19. The average Bonchev–Trinajstić information content (AvgIpc) is 3.20. The van der Waals surface area contributed by atoms with Gasteiger partial charge in [-0.25, -0.2) is 4.68 Å². The van der Waals surface area contributed by atoms with Gasteiger partial charge in [0, 0.05) is 12.6 Å². The molecule has 1 fully saturated rings. The molecule has 0 radical (unpaired) electrons. The van der Waals surface area contributed by atoms with Crippen molar-refractivity contribution in [2.75, 3.05) is 0 Å². The lowest BCUT2D eigenvalue weighted by molar-refractivity contribution is 0.671. The van der Waals surface area contributed by atoms with Crippen molar-refractivity contribution in [2.24, 2.45) is 0 Å². The summed E-state index contributed by atoms with van der Waals surface area (Å²) >= 11 is 0.